The first-order valence-electron chi connectivity index (χ1n) is 11.7. The maximum absolute atomic E-state index is 9.39. The number of pyridine rings is 2. The highest BCUT2D eigenvalue weighted by molar-refractivity contribution is 6.35. The number of aryl methyl sites for hydroxylation is 4. The van der Waals surface area contributed by atoms with Crippen molar-refractivity contribution in [3.63, 3.8) is 0 Å². The summed E-state index contributed by atoms with van der Waals surface area (Å²) in [7, 11) is 0. The molecule has 1 fully saturated rings. The average Bonchev–Trinajstić information content (AvgIpc) is 3.34. The molecule has 5 nitrogen and oxygen atoms in total. The molecule has 0 saturated carbocycles. The lowest BCUT2D eigenvalue weighted by Gasteiger charge is -2.21. The van der Waals surface area contributed by atoms with Gasteiger partial charge < -0.3 is 15.1 Å². The molecule has 5 rings (SSSR count). The minimum Gasteiger partial charge on any atom is -0.392 e. The molecule has 1 saturated heterocycles. The molecule has 0 bridgehead atoms. The summed E-state index contributed by atoms with van der Waals surface area (Å²) in [6.45, 7) is 10.4. The van der Waals surface area contributed by atoms with E-state index in [1.807, 2.05) is 45.0 Å². The largest absolute Gasteiger partial charge is 0.392 e. The van der Waals surface area contributed by atoms with Gasteiger partial charge in [0.15, 0.2) is 0 Å². The highest BCUT2D eigenvalue weighted by atomic mass is 35.5. The number of halogens is 1. The van der Waals surface area contributed by atoms with Crippen LogP contribution in [0.4, 0.5) is 5.69 Å². The zero-order valence-electron chi connectivity index (χ0n) is 20.3. The van der Waals surface area contributed by atoms with Crippen molar-refractivity contribution >= 4 is 39.1 Å². The van der Waals surface area contributed by atoms with Crippen LogP contribution in [0.3, 0.4) is 0 Å². The summed E-state index contributed by atoms with van der Waals surface area (Å²) >= 11 is 6.13. The molecule has 178 valence electrons. The van der Waals surface area contributed by atoms with Gasteiger partial charge in [-0.1, -0.05) is 11.6 Å². The molecule has 0 atom stereocenters. The molecule has 4 aromatic rings. The number of benzene rings is 2. The van der Waals surface area contributed by atoms with E-state index in [9.17, 15) is 5.11 Å². The molecule has 0 amide bonds. The summed E-state index contributed by atoms with van der Waals surface area (Å²) in [5.74, 6) is 0. The number of hydrogen-bond acceptors (Lipinski definition) is 5. The lowest BCUT2D eigenvalue weighted by molar-refractivity contribution is 0.281. The van der Waals surface area contributed by atoms with Crippen LogP contribution < -0.4 is 4.90 Å². The smallest absolute Gasteiger partial charge is 0.0729 e. The third-order valence-corrected chi connectivity index (χ3v) is 6.82. The van der Waals surface area contributed by atoms with Crippen molar-refractivity contribution in [3.05, 3.63) is 75.1 Å². The molecular weight excluding hydrogens is 446 g/mol. The van der Waals surface area contributed by atoms with E-state index < -0.39 is 0 Å². The number of rotatable bonds is 3. The van der Waals surface area contributed by atoms with Crippen molar-refractivity contribution in [1.82, 2.24) is 9.97 Å². The predicted molar refractivity (Wildman–Crippen MR) is 141 cm³/mol. The maximum Gasteiger partial charge on any atom is 0.0729 e. The molecule has 0 radical (unpaired) electrons. The van der Waals surface area contributed by atoms with Gasteiger partial charge in [-0.2, -0.15) is 0 Å². The summed E-state index contributed by atoms with van der Waals surface area (Å²) in [6, 6.07) is 12.1. The molecule has 2 N–H and O–H groups in total. The van der Waals surface area contributed by atoms with E-state index in [-0.39, 0.29) is 13.2 Å². The number of aliphatic hydroxyl groups is 2. The van der Waals surface area contributed by atoms with E-state index in [0.29, 0.717) is 5.02 Å². The zero-order chi connectivity index (χ0) is 24.4. The average molecular weight is 478 g/mol. The van der Waals surface area contributed by atoms with Gasteiger partial charge in [0.05, 0.1) is 29.3 Å². The summed E-state index contributed by atoms with van der Waals surface area (Å²) in [5.41, 5.74) is 9.12. The summed E-state index contributed by atoms with van der Waals surface area (Å²) in [4.78, 5) is 11.5. The van der Waals surface area contributed by atoms with Crippen LogP contribution in [0.1, 0.15) is 46.5 Å². The van der Waals surface area contributed by atoms with Crippen molar-refractivity contribution in [1.29, 1.82) is 0 Å². The predicted octanol–water partition coefficient (Wildman–Crippen LogP) is 5.94. The molecule has 0 spiro atoms. The Labute approximate surface area is 206 Å². The Bertz CT molecular complexity index is 1350. The second-order valence-corrected chi connectivity index (χ2v) is 9.54. The zero-order valence-corrected chi connectivity index (χ0v) is 21.1. The van der Waals surface area contributed by atoms with Crippen LogP contribution in [0, 0.1) is 27.7 Å². The Morgan fingerprint density at radius 1 is 0.735 bits per heavy atom. The minimum atomic E-state index is 0.0367. The number of aromatic nitrogens is 2. The lowest BCUT2D eigenvalue weighted by Crippen LogP contribution is -2.18. The van der Waals surface area contributed by atoms with Gasteiger partial charge in [0.25, 0.3) is 0 Å². The standard InChI is InChI=1S/C16H20N2O.C12H12ClNO/c1-11-7-14-15(9-13(11)10-19)17-12(2)8-16(14)18-5-3-4-6-18;1-7-3-10-11(13)4-8(2)14-12(10)5-9(7)6-15/h7-9,19H,3-6,10H2,1-2H3;3-5,15H,6H2,1-2H3. The highest BCUT2D eigenvalue weighted by Gasteiger charge is 2.16. The fraction of sp³-hybridized carbons (Fsp3) is 0.357. The van der Waals surface area contributed by atoms with Gasteiger partial charge in [0.2, 0.25) is 0 Å². The Hall–Kier alpha value is -2.73. The Morgan fingerprint density at radius 3 is 1.79 bits per heavy atom. The molecule has 34 heavy (non-hydrogen) atoms. The number of nitrogens with zero attached hydrogens (tertiary/aromatic N) is 3. The van der Waals surface area contributed by atoms with Gasteiger partial charge in [-0.15, -0.1) is 0 Å². The van der Waals surface area contributed by atoms with Crippen LogP contribution in [0.2, 0.25) is 5.02 Å². The van der Waals surface area contributed by atoms with E-state index in [0.717, 1.165) is 63.2 Å². The van der Waals surface area contributed by atoms with Gasteiger partial charge in [-0.05, 0) is 99.2 Å². The quantitative estimate of drug-likeness (QED) is 0.382. The van der Waals surface area contributed by atoms with E-state index in [2.05, 4.69) is 33.9 Å². The first-order valence-corrected chi connectivity index (χ1v) is 12.1. The Kier molecular flexibility index (Phi) is 7.36. The highest BCUT2D eigenvalue weighted by Crippen LogP contribution is 2.31. The number of hydrogen-bond donors (Lipinski definition) is 2. The van der Waals surface area contributed by atoms with Crippen LogP contribution in [-0.2, 0) is 13.2 Å². The number of fused-ring (bicyclic) bond motifs is 2. The molecule has 1 aliphatic heterocycles. The molecule has 0 aliphatic carbocycles. The van der Waals surface area contributed by atoms with Gasteiger partial charge in [-0.3, -0.25) is 9.97 Å². The Balaban J connectivity index is 0.000000166. The van der Waals surface area contributed by atoms with Crippen LogP contribution in [-0.4, -0.2) is 33.3 Å². The number of aliphatic hydroxyl groups excluding tert-OH is 2. The molecule has 2 aromatic carbocycles. The van der Waals surface area contributed by atoms with E-state index in [1.165, 1.54) is 23.9 Å². The van der Waals surface area contributed by atoms with E-state index >= 15 is 0 Å². The van der Waals surface area contributed by atoms with Gasteiger partial charge >= 0.3 is 0 Å². The first kappa shape index (κ1) is 24.4. The Morgan fingerprint density at radius 2 is 1.24 bits per heavy atom. The number of anilines is 1. The van der Waals surface area contributed by atoms with Crippen molar-refractivity contribution in [2.24, 2.45) is 0 Å². The molecular formula is C28H32ClN3O2. The topological polar surface area (TPSA) is 69.5 Å². The first-order chi connectivity index (χ1) is 16.3. The van der Waals surface area contributed by atoms with Crippen molar-refractivity contribution in [2.75, 3.05) is 18.0 Å². The van der Waals surface area contributed by atoms with Crippen molar-refractivity contribution in [3.8, 4) is 0 Å². The molecule has 2 aromatic heterocycles. The molecule has 3 heterocycles. The summed E-state index contributed by atoms with van der Waals surface area (Å²) in [5, 5.41) is 21.4. The van der Waals surface area contributed by atoms with E-state index in [4.69, 9.17) is 16.7 Å². The lowest BCUT2D eigenvalue weighted by atomic mass is 10.0. The maximum atomic E-state index is 9.39. The van der Waals surface area contributed by atoms with Gasteiger partial charge in [0, 0.05) is 40.9 Å². The third-order valence-electron chi connectivity index (χ3n) is 6.50. The molecule has 6 heteroatoms. The minimum absolute atomic E-state index is 0.0367. The van der Waals surface area contributed by atoms with Crippen molar-refractivity contribution in [2.45, 2.75) is 53.8 Å². The third kappa shape index (κ3) is 5.02. The fourth-order valence-electron chi connectivity index (χ4n) is 4.60. The second kappa shape index (κ2) is 10.3. The summed E-state index contributed by atoms with van der Waals surface area (Å²) in [6.07, 6.45) is 2.55. The van der Waals surface area contributed by atoms with Crippen molar-refractivity contribution < 1.29 is 10.2 Å². The van der Waals surface area contributed by atoms with E-state index in [1.54, 1.807) is 0 Å². The van der Waals surface area contributed by atoms with Crippen LogP contribution in [0.5, 0.6) is 0 Å². The summed E-state index contributed by atoms with van der Waals surface area (Å²) < 4.78 is 0. The molecule has 1 aliphatic rings. The monoisotopic (exact) mass is 477 g/mol. The van der Waals surface area contributed by atoms with Gasteiger partial charge in [-0.25, -0.2) is 0 Å². The normalized spacial score (nSPS) is 13.4. The van der Waals surface area contributed by atoms with Gasteiger partial charge in [0.1, 0.15) is 0 Å². The second-order valence-electron chi connectivity index (χ2n) is 9.13. The van der Waals surface area contributed by atoms with Crippen LogP contribution in [0.25, 0.3) is 21.8 Å². The van der Waals surface area contributed by atoms with Crippen LogP contribution >= 0.6 is 11.6 Å². The SMILES string of the molecule is Cc1cc(Cl)c2cc(C)c(CO)cc2n1.Cc1cc(N2CCCC2)c2cc(C)c(CO)cc2n1. The molecule has 0 unspecified atom stereocenters. The van der Waals surface area contributed by atoms with Crippen LogP contribution in [0.15, 0.2) is 36.4 Å². The fourth-order valence-corrected chi connectivity index (χ4v) is 4.91.